The molecule has 2 aliphatic heterocycles. The lowest BCUT2D eigenvalue weighted by molar-refractivity contribution is 0.0949. The minimum absolute atomic E-state index is 0.205. The Morgan fingerprint density at radius 3 is 2.48 bits per heavy atom. The number of rotatable bonds is 0. The van der Waals surface area contributed by atoms with E-state index in [9.17, 15) is 9.18 Å². The van der Waals surface area contributed by atoms with E-state index in [1.165, 1.54) is 18.2 Å². The number of hydrogen-bond acceptors (Lipinski definition) is 3. The lowest BCUT2D eigenvalue weighted by atomic mass is 10.1. The number of fused-ring (bicyclic) bond motifs is 10. The van der Waals surface area contributed by atoms with Crippen molar-refractivity contribution >= 4 is 17.5 Å². The molecule has 25 heavy (non-hydrogen) atoms. The average Bonchev–Trinajstić information content (AvgIpc) is 2.59. The summed E-state index contributed by atoms with van der Waals surface area (Å²) in [5.41, 5.74) is 1.19. The van der Waals surface area contributed by atoms with E-state index in [2.05, 4.69) is 5.32 Å². The molecule has 4 nitrogen and oxygen atoms in total. The van der Waals surface area contributed by atoms with Gasteiger partial charge in [-0.15, -0.1) is 0 Å². The standard InChI is InChI=1S/C19H19ClFNO3/c20-16-11-13-3-5-18(16)25-10-2-1-9-24-17-6-4-14(21)12-15(17)19(23)22-8-7-13/h3-6,11-12H,1-2,7-10H2,(H,22,23). The number of amides is 1. The molecule has 2 bridgehead atoms. The maximum atomic E-state index is 13.5. The first-order valence-corrected chi connectivity index (χ1v) is 8.63. The van der Waals surface area contributed by atoms with E-state index in [4.69, 9.17) is 21.1 Å². The minimum atomic E-state index is -0.470. The van der Waals surface area contributed by atoms with Crippen LogP contribution in [0.5, 0.6) is 11.5 Å². The van der Waals surface area contributed by atoms with Gasteiger partial charge in [-0.05, 0) is 55.2 Å². The van der Waals surface area contributed by atoms with Crippen molar-refractivity contribution < 1.29 is 18.7 Å². The van der Waals surface area contributed by atoms with Crippen LogP contribution in [0.1, 0.15) is 28.8 Å². The van der Waals surface area contributed by atoms with Crippen LogP contribution in [0.25, 0.3) is 0 Å². The number of benzene rings is 2. The predicted octanol–water partition coefficient (Wildman–Crippen LogP) is 4.00. The van der Waals surface area contributed by atoms with Crippen LogP contribution in [-0.4, -0.2) is 25.7 Å². The summed E-state index contributed by atoms with van der Waals surface area (Å²) in [7, 11) is 0. The van der Waals surface area contributed by atoms with Crippen LogP contribution in [0.4, 0.5) is 4.39 Å². The highest BCUT2D eigenvalue weighted by Gasteiger charge is 2.14. The van der Waals surface area contributed by atoms with Crippen LogP contribution < -0.4 is 14.8 Å². The molecule has 2 aromatic carbocycles. The molecule has 4 rings (SSSR count). The summed E-state index contributed by atoms with van der Waals surface area (Å²) in [6.45, 7) is 1.35. The van der Waals surface area contributed by atoms with Crippen LogP contribution in [0.15, 0.2) is 36.4 Å². The van der Waals surface area contributed by atoms with Gasteiger partial charge in [0.1, 0.15) is 17.3 Å². The molecule has 0 aliphatic carbocycles. The van der Waals surface area contributed by atoms with Gasteiger partial charge in [0.05, 0.1) is 23.8 Å². The molecule has 0 spiro atoms. The van der Waals surface area contributed by atoms with Gasteiger partial charge in [-0.1, -0.05) is 17.7 Å². The van der Waals surface area contributed by atoms with Crippen LogP contribution >= 0.6 is 11.6 Å². The summed E-state index contributed by atoms with van der Waals surface area (Å²) >= 11 is 6.23. The number of halogens is 2. The Morgan fingerprint density at radius 2 is 1.72 bits per heavy atom. The Kier molecular flexibility index (Phi) is 5.76. The second-order valence-corrected chi connectivity index (χ2v) is 6.22. The van der Waals surface area contributed by atoms with E-state index in [1.807, 2.05) is 18.2 Å². The van der Waals surface area contributed by atoms with Gasteiger partial charge in [0.15, 0.2) is 0 Å². The third kappa shape index (κ3) is 4.63. The number of hydrogen-bond donors (Lipinski definition) is 1. The van der Waals surface area contributed by atoms with Gasteiger partial charge in [-0.3, -0.25) is 4.79 Å². The van der Waals surface area contributed by atoms with Crippen molar-refractivity contribution in [3.63, 3.8) is 0 Å². The second kappa shape index (κ2) is 8.21. The fourth-order valence-corrected chi connectivity index (χ4v) is 2.86. The van der Waals surface area contributed by atoms with E-state index in [0.29, 0.717) is 42.7 Å². The van der Waals surface area contributed by atoms with Crippen LogP contribution in [0.2, 0.25) is 5.02 Å². The molecule has 0 unspecified atom stereocenters. The fraction of sp³-hybridized carbons (Fsp3) is 0.316. The zero-order valence-corrected chi connectivity index (χ0v) is 14.4. The fourth-order valence-electron chi connectivity index (χ4n) is 2.61. The Morgan fingerprint density at radius 1 is 1.00 bits per heavy atom. The zero-order valence-electron chi connectivity index (χ0n) is 13.7. The topological polar surface area (TPSA) is 47.6 Å². The Balaban J connectivity index is 1.80. The lowest BCUT2D eigenvalue weighted by Crippen LogP contribution is -2.26. The average molecular weight is 364 g/mol. The van der Waals surface area contributed by atoms with Crippen molar-refractivity contribution in [1.82, 2.24) is 5.32 Å². The third-order valence-electron chi connectivity index (χ3n) is 3.94. The van der Waals surface area contributed by atoms with E-state index in [-0.39, 0.29) is 11.5 Å². The largest absolute Gasteiger partial charge is 0.493 e. The summed E-state index contributed by atoms with van der Waals surface area (Å²) in [6.07, 6.45) is 2.13. The Hall–Kier alpha value is -2.27. The van der Waals surface area contributed by atoms with Crippen molar-refractivity contribution in [3.8, 4) is 11.5 Å². The number of carbonyl (C=O) groups is 1. The first-order chi connectivity index (χ1) is 12.1. The van der Waals surface area contributed by atoms with Crippen molar-refractivity contribution in [2.75, 3.05) is 19.8 Å². The number of ether oxygens (including phenoxy) is 2. The van der Waals surface area contributed by atoms with Crippen molar-refractivity contribution in [3.05, 3.63) is 58.4 Å². The Labute approximate surface area is 150 Å². The molecule has 1 amide bonds. The van der Waals surface area contributed by atoms with Gasteiger partial charge < -0.3 is 14.8 Å². The predicted molar refractivity (Wildman–Crippen MR) is 94.1 cm³/mol. The summed E-state index contributed by atoms with van der Waals surface area (Å²) < 4.78 is 24.9. The zero-order chi connectivity index (χ0) is 17.6. The Bertz CT molecular complexity index is 766. The first-order valence-electron chi connectivity index (χ1n) is 8.25. The molecule has 0 saturated heterocycles. The molecule has 2 aromatic rings. The molecule has 2 heterocycles. The molecule has 2 aliphatic rings. The number of nitrogens with one attached hydrogen (secondary N) is 1. The highest BCUT2D eigenvalue weighted by Crippen LogP contribution is 2.26. The summed E-state index contributed by atoms with van der Waals surface area (Å²) in [5.74, 6) is 0.219. The highest BCUT2D eigenvalue weighted by atomic mass is 35.5. The van der Waals surface area contributed by atoms with E-state index >= 15 is 0 Å². The van der Waals surface area contributed by atoms with Gasteiger partial charge >= 0.3 is 0 Å². The molecule has 6 heteroatoms. The van der Waals surface area contributed by atoms with Gasteiger partial charge in [0.2, 0.25) is 0 Å². The van der Waals surface area contributed by atoms with Crippen molar-refractivity contribution in [2.24, 2.45) is 0 Å². The van der Waals surface area contributed by atoms with Crippen LogP contribution in [-0.2, 0) is 6.42 Å². The molecule has 0 radical (unpaired) electrons. The highest BCUT2D eigenvalue weighted by molar-refractivity contribution is 6.32. The summed E-state index contributed by atoms with van der Waals surface area (Å²) in [6, 6.07) is 9.58. The second-order valence-electron chi connectivity index (χ2n) is 5.82. The minimum Gasteiger partial charge on any atom is -0.493 e. The molecule has 0 fully saturated rings. The SMILES string of the molecule is O=C1NCCc2ccc(c(Cl)c2)OCCCCOc2ccc(F)cc21. The monoisotopic (exact) mass is 363 g/mol. The maximum absolute atomic E-state index is 13.5. The van der Waals surface area contributed by atoms with Gasteiger partial charge in [0.25, 0.3) is 5.91 Å². The van der Waals surface area contributed by atoms with Gasteiger partial charge in [0, 0.05) is 6.54 Å². The lowest BCUT2D eigenvalue weighted by Gasteiger charge is -2.14. The quantitative estimate of drug-likeness (QED) is 0.769. The first kappa shape index (κ1) is 17.5. The van der Waals surface area contributed by atoms with E-state index in [0.717, 1.165) is 18.4 Å². The molecule has 0 atom stereocenters. The normalized spacial score (nSPS) is 15.7. The molecule has 0 aromatic heterocycles. The van der Waals surface area contributed by atoms with E-state index < -0.39 is 5.82 Å². The molecular formula is C19H19ClFNO3. The molecule has 1 N–H and O–H groups in total. The smallest absolute Gasteiger partial charge is 0.255 e. The molecule has 0 saturated carbocycles. The van der Waals surface area contributed by atoms with Crippen LogP contribution in [0.3, 0.4) is 0 Å². The van der Waals surface area contributed by atoms with Gasteiger partial charge in [-0.25, -0.2) is 4.39 Å². The van der Waals surface area contributed by atoms with Crippen molar-refractivity contribution in [2.45, 2.75) is 19.3 Å². The molecular weight excluding hydrogens is 345 g/mol. The maximum Gasteiger partial charge on any atom is 0.255 e. The summed E-state index contributed by atoms with van der Waals surface area (Å²) in [4.78, 5) is 12.4. The molecule has 132 valence electrons. The van der Waals surface area contributed by atoms with Crippen molar-refractivity contribution in [1.29, 1.82) is 0 Å². The van der Waals surface area contributed by atoms with Gasteiger partial charge in [-0.2, -0.15) is 0 Å². The number of carbonyl (C=O) groups excluding carboxylic acids is 1. The van der Waals surface area contributed by atoms with Crippen LogP contribution in [0, 0.1) is 5.82 Å². The van der Waals surface area contributed by atoms with E-state index in [1.54, 1.807) is 0 Å². The summed E-state index contributed by atoms with van der Waals surface area (Å²) in [5, 5.41) is 3.35. The third-order valence-corrected chi connectivity index (χ3v) is 4.23.